The third-order valence-corrected chi connectivity index (χ3v) is 4.18. The first-order valence-corrected chi connectivity index (χ1v) is 8.04. The van der Waals surface area contributed by atoms with Crippen LogP contribution in [-0.4, -0.2) is 48.6 Å². The fraction of sp³-hybridized carbons (Fsp3) is 0.556. The van der Waals surface area contributed by atoms with Gasteiger partial charge in [0.1, 0.15) is 6.04 Å². The van der Waals surface area contributed by atoms with E-state index in [2.05, 4.69) is 10.2 Å². The Morgan fingerprint density at radius 2 is 1.74 bits per heavy atom. The number of carbonyl (C=O) groups excluding carboxylic acids is 2. The van der Waals surface area contributed by atoms with Crippen molar-refractivity contribution in [1.82, 2.24) is 10.2 Å². The van der Waals surface area contributed by atoms with Crippen LogP contribution in [0.3, 0.4) is 0 Å². The van der Waals surface area contributed by atoms with Crippen molar-refractivity contribution in [3.8, 4) is 0 Å². The number of likely N-dealkylation sites (N-methyl/N-ethyl adjacent to an activating group) is 1. The molecule has 0 spiro atoms. The van der Waals surface area contributed by atoms with Crippen molar-refractivity contribution in [3.63, 3.8) is 0 Å². The Labute approximate surface area is 139 Å². The van der Waals surface area contributed by atoms with E-state index >= 15 is 0 Å². The maximum Gasteiger partial charge on any atom is 0.328 e. The van der Waals surface area contributed by atoms with Gasteiger partial charge in [-0.25, -0.2) is 4.79 Å². The van der Waals surface area contributed by atoms with Crippen molar-refractivity contribution in [1.29, 1.82) is 0 Å². The molecule has 1 N–H and O–H groups in total. The number of ether oxygens (including phenoxy) is 1. The molecule has 0 heterocycles. The van der Waals surface area contributed by atoms with Crippen molar-refractivity contribution in [3.05, 3.63) is 35.9 Å². The number of benzene rings is 1. The topological polar surface area (TPSA) is 58.6 Å². The largest absolute Gasteiger partial charge is 0.467 e. The quantitative estimate of drug-likeness (QED) is 0.744. The molecule has 1 atom stereocenters. The maximum atomic E-state index is 12.7. The van der Waals surface area contributed by atoms with Gasteiger partial charge in [-0.2, -0.15) is 0 Å². The van der Waals surface area contributed by atoms with Gasteiger partial charge < -0.3 is 10.1 Å². The highest BCUT2D eigenvalue weighted by molar-refractivity contribution is 5.90. The van der Waals surface area contributed by atoms with Gasteiger partial charge >= 0.3 is 5.97 Å². The lowest BCUT2D eigenvalue weighted by atomic mass is 9.99. The number of hydrogen-bond donors (Lipinski definition) is 1. The van der Waals surface area contributed by atoms with Crippen LogP contribution in [0.1, 0.15) is 33.3 Å². The van der Waals surface area contributed by atoms with Crippen LogP contribution in [0, 0.1) is 0 Å². The third-order valence-electron chi connectivity index (χ3n) is 4.18. The van der Waals surface area contributed by atoms with E-state index in [1.54, 1.807) is 0 Å². The van der Waals surface area contributed by atoms with E-state index in [1.165, 1.54) is 7.11 Å². The van der Waals surface area contributed by atoms with Gasteiger partial charge in [-0.3, -0.25) is 9.69 Å². The molecule has 0 saturated heterocycles. The van der Waals surface area contributed by atoms with Gasteiger partial charge in [0, 0.05) is 6.42 Å². The molecule has 23 heavy (non-hydrogen) atoms. The maximum absolute atomic E-state index is 12.7. The zero-order chi connectivity index (χ0) is 17.5. The van der Waals surface area contributed by atoms with Gasteiger partial charge in [-0.15, -0.1) is 0 Å². The van der Waals surface area contributed by atoms with E-state index in [0.29, 0.717) is 6.42 Å². The zero-order valence-corrected chi connectivity index (χ0v) is 14.8. The Bertz CT molecular complexity index is 510. The lowest BCUT2D eigenvalue weighted by Crippen LogP contribution is -2.58. The molecule has 0 unspecified atom stereocenters. The Hall–Kier alpha value is -1.88. The lowest BCUT2D eigenvalue weighted by molar-refractivity contribution is -0.146. The van der Waals surface area contributed by atoms with Crippen molar-refractivity contribution < 1.29 is 14.3 Å². The molecule has 0 fully saturated rings. The van der Waals surface area contributed by atoms with Gasteiger partial charge in [-0.05, 0) is 32.5 Å². The normalized spacial score (nSPS) is 12.8. The van der Waals surface area contributed by atoms with E-state index in [9.17, 15) is 9.59 Å². The second-order valence-electron chi connectivity index (χ2n) is 5.97. The van der Waals surface area contributed by atoms with Crippen LogP contribution in [0.25, 0.3) is 0 Å². The summed E-state index contributed by atoms with van der Waals surface area (Å²) < 4.78 is 4.84. The van der Waals surface area contributed by atoms with Crippen molar-refractivity contribution >= 4 is 11.9 Å². The summed E-state index contributed by atoms with van der Waals surface area (Å²) in [6.45, 7) is 9.29. The van der Waals surface area contributed by atoms with Crippen molar-refractivity contribution in [2.45, 2.75) is 45.7 Å². The number of amides is 1. The standard InChI is InChI=1S/C18H28N2O3/c1-6-20(7-2)18(3,4)17(22)19-15(16(21)23-5)13-14-11-9-8-10-12-14/h8-12,15H,6-7,13H2,1-5H3,(H,19,22)/t15-/m0/s1. The number of methoxy groups -OCH3 is 1. The van der Waals surface area contributed by atoms with Crippen LogP contribution >= 0.6 is 0 Å². The molecule has 1 aromatic rings. The molecule has 0 aliphatic rings. The molecule has 1 rings (SSSR count). The molecule has 0 aromatic heterocycles. The number of hydrogen-bond acceptors (Lipinski definition) is 4. The van der Waals surface area contributed by atoms with Crippen LogP contribution in [0.15, 0.2) is 30.3 Å². The van der Waals surface area contributed by atoms with Crippen LogP contribution in [0.5, 0.6) is 0 Å². The number of carbonyl (C=O) groups is 2. The Balaban J connectivity index is 2.88. The summed E-state index contributed by atoms with van der Waals surface area (Å²) in [6.07, 6.45) is 0.410. The first-order chi connectivity index (χ1) is 10.9. The molecule has 0 aliphatic heterocycles. The Morgan fingerprint density at radius 1 is 1.17 bits per heavy atom. The second kappa shape index (κ2) is 8.67. The van der Waals surface area contributed by atoms with Crippen LogP contribution in [0.2, 0.25) is 0 Å². The van der Waals surface area contributed by atoms with Crippen molar-refractivity contribution in [2.24, 2.45) is 0 Å². The van der Waals surface area contributed by atoms with Crippen LogP contribution in [0.4, 0.5) is 0 Å². The average molecular weight is 320 g/mol. The van der Waals surface area contributed by atoms with Gasteiger partial charge in [0.15, 0.2) is 0 Å². The molecule has 5 heteroatoms. The molecule has 128 valence electrons. The highest BCUT2D eigenvalue weighted by Crippen LogP contribution is 2.15. The Kier molecular flexibility index (Phi) is 7.23. The van der Waals surface area contributed by atoms with Gasteiger partial charge in [0.2, 0.25) is 5.91 Å². The summed E-state index contributed by atoms with van der Waals surface area (Å²) in [5.41, 5.74) is 0.288. The summed E-state index contributed by atoms with van der Waals surface area (Å²) in [5, 5.41) is 2.85. The molecule has 1 aromatic carbocycles. The summed E-state index contributed by atoms with van der Waals surface area (Å²) in [6, 6.07) is 8.90. The first-order valence-electron chi connectivity index (χ1n) is 8.04. The van der Waals surface area contributed by atoms with E-state index in [1.807, 2.05) is 58.0 Å². The molecular formula is C18H28N2O3. The Morgan fingerprint density at radius 3 is 2.22 bits per heavy atom. The third kappa shape index (κ3) is 5.06. The average Bonchev–Trinajstić information content (AvgIpc) is 2.55. The number of rotatable bonds is 8. The zero-order valence-electron chi connectivity index (χ0n) is 14.8. The summed E-state index contributed by atoms with van der Waals surface area (Å²) in [5.74, 6) is -0.606. The fourth-order valence-corrected chi connectivity index (χ4v) is 2.68. The van der Waals surface area contributed by atoms with Crippen LogP contribution < -0.4 is 5.32 Å². The van der Waals surface area contributed by atoms with E-state index in [4.69, 9.17) is 4.74 Å². The highest BCUT2D eigenvalue weighted by atomic mass is 16.5. The molecular weight excluding hydrogens is 292 g/mol. The molecule has 0 aliphatic carbocycles. The van der Waals surface area contributed by atoms with E-state index < -0.39 is 17.6 Å². The van der Waals surface area contributed by atoms with E-state index in [0.717, 1.165) is 18.7 Å². The summed E-state index contributed by atoms with van der Waals surface area (Å²) >= 11 is 0. The monoisotopic (exact) mass is 320 g/mol. The molecule has 1 amide bonds. The molecule has 5 nitrogen and oxygen atoms in total. The predicted octanol–water partition coefficient (Wildman–Crippen LogP) is 2.01. The predicted molar refractivity (Wildman–Crippen MR) is 91.1 cm³/mol. The molecule has 0 bridgehead atoms. The molecule has 0 radical (unpaired) electrons. The second-order valence-corrected chi connectivity index (χ2v) is 5.97. The lowest BCUT2D eigenvalue weighted by Gasteiger charge is -2.36. The minimum Gasteiger partial charge on any atom is -0.467 e. The smallest absolute Gasteiger partial charge is 0.328 e. The van der Waals surface area contributed by atoms with Gasteiger partial charge in [0.25, 0.3) is 0 Å². The minimum atomic E-state index is -0.690. The SMILES string of the molecule is CCN(CC)C(C)(C)C(=O)N[C@@H](Cc1ccccc1)C(=O)OC. The number of nitrogens with one attached hydrogen (secondary N) is 1. The summed E-state index contributed by atoms with van der Waals surface area (Å²) in [4.78, 5) is 26.8. The minimum absolute atomic E-state index is 0.174. The fourth-order valence-electron chi connectivity index (χ4n) is 2.68. The van der Waals surface area contributed by atoms with E-state index in [-0.39, 0.29) is 5.91 Å². The van der Waals surface area contributed by atoms with Gasteiger partial charge in [-0.1, -0.05) is 44.2 Å². The van der Waals surface area contributed by atoms with Crippen LogP contribution in [-0.2, 0) is 20.7 Å². The number of esters is 1. The van der Waals surface area contributed by atoms with Gasteiger partial charge in [0.05, 0.1) is 12.6 Å². The number of nitrogens with zero attached hydrogens (tertiary/aromatic N) is 1. The van der Waals surface area contributed by atoms with Crippen molar-refractivity contribution in [2.75, 3.05) is 20.2 Å². The first kappa shape index (κ1) is 19.2. The molecule has 0 saturated carbocycles. The highest BCUT2D eigenvalue weighted by Gasteiger charge is 2.35. The summed E-state index contributed by atoms with van der Waals surface area (Å²) in [7, 11) is 1.34.